The molecule has 0 saturated carbocycles. The van der Waals surface area contributed by atoms with E-state index in [9.17, 15) is 0 Å². The van der Waals surface area contributed by atoms with Crippen LogP contribution in [0.2, 0.25) is 0 Å². The first-order chi connectivity index (χ1) is 7.69. The van der Waals surface area contributed by atoms with Gasteiger partial charge in [0.25, 0.3) is 0 Å². The van der Waals surface area contributed by atoms with Gasteiger partial charge in [-0.15, -0.1) is 23.7 Å². The van der Waals surface area contributed by atoms with Crippen molar-refractivity contribution < 1.29 is 0 Å². The van der Waals surface area contributed by atoms with Gasteiger partial charge in [-0.1, -0.05) is 6.92 Å². The molecule has 0 radical (unpaired) electrons. The van der Waals surface area contributed by atoms with Crippen LogP contribution in [0, 0.1) is 19.3 Å². The Balaban J connectivity index is 2.71. The molecule has 1 heterocycles. The number of halogens is 1. The van der Waals surface area contributed by atoms with E-state index in [1.165, 1.54) is 14.2 Å². The Morgan fingerprint density at radius 3 is 2.88 bits per heavy atom. The molecule has 0 saturated heterocycles. The second-order valence-electron chi connectivity index (χ2n) is 3.85. The number of terminal acetylenes is 1. The monoisotopic (exact) mass is 299 g/mol. The van der Waals surface area contributed by atoms with Crippen LogP contribution in [0.5, 0.6) is 0 Å². The molecule has 0 aromatic carbocycles. The molecule has 1 unspecified atom stereocenters. The van der Waals surface area contributed by atoms with Gasteiger partial charge >= 0.3 is 0 Å². The Bertz CT molecular complexity index is 345. The van der Waals surface area contributed by atoms with Gasteiger partial charge in [-0.2, -0.15) is 0 Å². The molecule has 0 bridgehead atoms. The zero-order chi connectivity index (χ0) is 12.0. The number of rotatable bonds is 6. The summed E-state index contributed by atoms with van der Waals surface area (Å²) in [6.07, 6.45) is 8.33. The molecule has 1 N–H and O–H groups in total. The van der Waals surface area contributed by atoms with E-state index < -0.39 is 0 Å². The molecule has 0 aliphatic rings. The number of aryl methyl sites for hydroxylation is 1. The molecular formula is C13H18BrNS. The summed E-state index contributed by atoms with van der Waals surface area (Å²) < 4.78 is 1.23. The van der Waals surface area contributed by atoms with Gasteiger partial charge < -0.3 is 5.32 Å². The number of hydrogen-bond donors (Lipinski definition) is 1. The average molecular weight is 300 g/mol. The third-order valence-corrected chi connectivity index (χ3v) is 4.69. The van der Waals surface area contributed by atoms with Gasteiger partial charge in [0.2, 0.25) is 0 Å². The number of hydrogen-bond acceptors (Lipinski definition) is 2. The maximum Gasteiger partial charge on any atom is 0.0731 e. The van der Waals surface area contributed by atoms with E-state index in [-0.39, 0.29) is 0 Å². The lowest BCUT2D eigenvalue weighted by molar-refractivity contribution is 0.512. The second-order valence-corrected chi connectivity index (χ2v) is 6.26. The second kappa shape index (κ2) is 7.11. The van der Waals surface area contributed by atoms with Crippen LogP contribution in [0.3, 0.4) is 0 Å². The van der Waals surface area contributed by atoms with E-state index in [0.717, 1.165) is 25.8 Å². The van der Waals surface area contributed by atoms with E-state index >= 15 is 0 Å². The van der Waals surface area contributed by atoms with Crippen molar-refractivity contribution in [2.45, 2.75) is 39.2 Å². The van der Waals surface area contributed by atoms with E-state index in [2.05, 4.69) is 47.1 Å². The van der Waals surface area contributed by atoms with Crippen LogP contribution in [-0.4, -0.2) is 6.54 Å². The van der Waals surface area contributed by atoms with E-state index in [4.69, 9.17) is 6.42 Å². The van der Waals surface area contributed by atoms with E-state index in [1.54, 1.807) is 0 Å². The fourth-order valence-corrected chi connectivity index (χ4v) is 3.23. The number of nitrogens with one attached hydrogen (secondary N) is 1. The summed E-state index contributed by atoms with van der Waals surface area (Å²) in [7, 11) is 0. The molecule has 1 aromatic heterocycles. The van der Waals surface area contributed by atoms with Crippen LogP contribution in [0.1, 0.15) is 42.7 Å². The summed E-state index contributed by atoms with van der Waals surface area (Å²) in [6.45, 7) is 5.35. The fourth-order valence-electron chi connectivity index (χ4n) is 1.55. The Hall–Kier alpha value is -0.300. The quantitative estimate of drug-likeness (QED) is 0.774. The molecule has 0 aliphatic carbocycles. The summed E-state index contributed by atoms with van der Waals surface area (Å²) in [5, 5.41) is 3.56. The van der Waals surface area contributed by atoms with Gasteiger partial charge in [-0.25, -0.2) is 0 Å². The topological polar surface area (TPSA) is 12.0 Å². The van der Waals surface area contributed by atoms with Crippen molar-refractivity contribution in [3.8, 4) is 12.3 Å². The van der Waals surface area contributed by atoms with E-state index in [0.29, 0.717) is 6.04 Å². The van der Waals surface area contributed by atoms with Gasteiger partial charge in [-0.3, -0.25) is 0 Å². The lowest BCUT2D eigenvalue weighted by Crippen LogP contribution is -2.21. The van der Waals surface area contributed by atoms with Crippen molar-refractivity contribution in [1.29, 1.82) is 0 Å². The van der Waals surface area contributed by atoms with Crippen molar-refractivity contribution in [2.24, 2.45) is 0 Å². The van der Waals surface area contributed by atoms with Crippen LogP contribution in [0.15, 0.2) is 9.85 Å². The molecule has 0 fully saturated rings. The smallest absolute Gasteiger partial charge is 0.0731 e. The predicted octanol–water partition coefficient (Wildman–Crippen LogP) is 4.27. The highest BCUT2D eigenvalue weighted by atomic mass is 79.9. The Morgan fingerprint density at radius 1 is 1.62 bits per heavy atom. The Labute approximate surface area is 111 Å². The van der Waals surface area contributed by atoms with Gasteiger partial charge in [0.05, 0.1) is 3.79 Å². The first-order valence-electron chi connectivity index (χ1n) is 5.61. The standard InChI is InChI=1S/C13H18BrNS/c1-4-6-7-11(15-8-5-2)12-9-10(3)13(14)16-12/h1,9,11,15H,5-8H2,2-3H3. The van der Waals surface area contributed by atoms with Gasteiger partial charge in [0.1, 0.15) is 0 Å². The molecule has 1 aromatic rings. The summed E-state index contributed by atoms with van der Waals surface area (Å²) in [5.74, 6) is 2.72. The van der Waals surface area contributed by atoms with Gasteiger partial charge in [0.15, 0.2) is 0 Å². The molecule has 88 valence electrons. The maximum absolute atomic E-state index is 5.34. The molecule has 16 heavy (non-hydrogen) atoms. The van der Waals surface area contributed by atoms with Crippen LogP contribution < -0.4 is 5.32 Å². The van der Waals surface area contributed by atoms with Crippen molar-refractivity contribution in [2.75, 3.05) is 6.54 Å². The largest absolute Gasteiger partial charge is 0.309 e. The molecule has 0 spiro atoms. The number of thiophene rings is 1. The first kappa shape index (κ1) is 13.8. The zero-order valence-electron chi connectivity index (χ0n) is 9.85. The van der Waals surface area contributed by atoms with Crippen molar-refractivity contribution in [3.63, 3.8) is 0 Å². The first-order valence-corrected chi connectivity index (χ1v) is 7.22. The molecular weight excluding hydrogens is 282 g/mol. The van der Waals surface area contributed by atoms with Crippen molar-refractivity contribution in [1.82, 2.24) is 5.32 Å². The molecule has 0 aliphatic heterocycles. The Morgan fingerprint density at radius 2 is 2.38 bits per heavy atom. The van der Waals surface area contributed by atoms with Gasteiger partial charge in [-0.05, 0) is 53.9 Å². The molecule has 1 atom stereocenters. The molecule has 1 rings (SSSR count). The summed E-state index contributed by atoms with van der Waals surface area (Å²) >= 11 is 5.38. The molecule has 1 nitrogen and oxygen atoms in total. The normalized spacial score (nSPS) is 12.4. The van der Waals surface area contributed by atoms with Crippen LogP contribution in [0.4, 0.5) is 0 Å². The average Bonchev–Trinajstić information content (AvgIpc) is 2.59. The highest BCUT2D eigenvalue weighted by Crippen LogP contribution is 2.33. The van der Waals surface area contributed by atoms with Crippen molar-refractivity contribution >= 4 is 27.3 Å². The maximum atomic E-state index is 5.34. The third kappa shape index (κ3) is 3.93. The lowest BCUT2D eigenvalue weighted by Gasteiger charge is -2.15. The zero-order valence-corrected chi connectivity index (χ0v) is 12.2. The SMILES string of the molecule is C#CCCC(NCCC)c1cc(C)c(Br)s1. The van der Waals surface area contributed by atoms with E-state index in [1.807, 2.05) is 11.3 Å². The summed E-state index contributed by atoms with van der Waals surface area (Å²) in [6, 6.07) is 2.66. The molecule has 3 heteroatoms. The minimum atomic E-state index is 0.408. The van der Waals surface area contributed by atoms with Crippen LogP contribution in [0.25, 0.3) is 0 Å². The Kier molecular flexibility index (Phi) is 6.12. The van der Waals surface area contributed by atoms with Crippen molar-refractivity contribution in [3.05, 3.63) is 20.3 Å². The van der Waals surface area contributed by atoms with Gasteiger partial charge in [0, 0.05) is 17.3 Å². The fraction of sp³-hybridized carbons (Fsp3) is 0.538. The van der Waals surface area contributed by atoms with Crippen LogP contribution >= 0.6 is 27.3 Å². The summed E-state index contributed by atoms with van der Waals surface area (Å²) in [5.41, 5.74) is 1.31. The minimum Gasteiger partial charge on any atom is -0.309 e. The lowest BCUT2D eigenvalue weighted by atomic mass is 10.1. The molecule has 0 amide bonds. The predicted molar refractivity (Wildman–Crippen MR) is 75.9 cm³/mol. The highest BCUT2D eigenvalue weighted by Gasteiger charge is 2.13. The van der Waals surface area contributed by atoms with Crippen LogP contribution in [-0.2, 0) is 0 Å². The minimum absolute atomic E-state index is 0.408. The summed E-state index contributed by atoms with van der Waals surface area (Å²) in [4.78, 5) is 1.38. The highest BCUT2D eigenvalue weighted by molar-refractivity contribution is 9.11. The third-order valence-electron chi connectivity index (χ3n) is 2.44.